The molecule has 0 aliphatic heterocycles. The Labute approximate surface area is 137 Å². The number of hydrogen-bond acceptors (Lipinski definition) is 2. The van der Waals surface area contributed by atoms with E-state index in [9.17, 15) is 4.79 Å². The summed E-state index contributed by atoms with van der Waals surface area (Å²) in [7, 11) is 0. The molecule has 0 saturated carbocycles. The number of anilines is 2. The van der Waals surface area contributed by atoms with Gasteiger partial charge in [0.25, 0.3) is 0 Å². The Bertz CT molecular complexity index is 673. The van der Waals surface area contributed by atoms with Gasteiger partial charge >= 0.3 is 0 Å². The Morgan fingerprint density at radius 2 is 1.90 bits per heavy atom. The van der Waals surface area contributed by atoms with E-state index in [2.05, 4.69) is 26.6 Å². The van der Waals surface area contributed by atoms with Crippen molar-refractivity contribution < 1.29 is 4.79 Å². The van der Waals surface area contributed by atoms with Gasteiger partial charge in [0.05, 0.1) is 6.54 Å². The maximum absolute atomic E-state index is 12.0. The third-order valence-electron chi connectivity index (χ3n) is 3.04. The van der Waals surface area contributed by atoms with Crippen LogP contribution in [0.4, 0.5) is 11.4 Å². The van der Waals surface area contributed by atoms with Crippen LogP contribution in [0.3, 0.4) is 0 Å². The second kappa shape index (κ2) is 6.96. The van der Waals surface area contributed by atoms with Gasteiger partial charge in [-0.1, -0.05) is 23.7 Å². The van der Waals surface area contributed by atoms with E-state index in [1.807, 2.05) is 38.1 Å². The molecule has 2 rings (SSSR count). The van der Waals surface area contributed by atoms with Crippen LogP contribution in [0.2, 0.25) is 5.02 Å². The van der Waals surface area contributed by atoms with E-state index in [0.717, 1.165) is 27.0 Å². The van der Waals surface area contributed by atoms with Gasteiger partial charge in [0.2, 0.25) is 5.91 Å². The van der Waals surface area contributed by atoms with Crippen molar-refractivity contribution in [2.45, 2.75) is 13.8 Å². The fourth-order valence-electron chi connectivity index (χ4n) is 1.86. The van der Waals surface area contributed by atoms with Crippen LogP contribution in [-0.4, -0.2) is 12.5 Å². The molecular formula is C16H16BrClN2O. The molecule has 0 radical (unpaired) electrons. The summed E-state index contributed by atoms with van der Waals surface area (Å²) in [6, 6.07) is 11.4. The van der Waals surface area contributed by atoms with Crippen LogP contribution >= 0.6 is 27.5 Å². The topological polar surface area (TPSA) is 41.1 Å². The monoisotopic (exact) mass is 366 g/mol. The van der Waals surface area contributed by atoms with Gasteiger partial charge in [-0.15, -0.1) is 0 Å². The average Bonchev–Trinajstić information content (AvgIpc) is 2.42. The number of carbonyl (C=O) groups excluding carboxylic acids is 1. The predicted molar refractivity (Wildman–Crippen MR) is 92.2 cm³/mol. The van der Waals surface area contributed by atoms with E-state index in [0.29, 0.717) is 5.02 Å². The first-order valence-corrected chi connectivity index (χ1v) is 7.69. The average molecular weight is 368 g/mol. The number of nitrogens with one attached hydrogen (secondary N) is 2. The maximum atomic E-state index is 12.0. The lowest BCUT2D eigenvalue weighted by Crippen LogP contribution is -2.22. The second-order valence-corrected chi connectivity index (χ2v) is 6.14. The summed E-state index contributed by atoms with van der Waals surface area (Å²) in [6.07, 6.45) is 0. The van der Waals surface area contributed by atoms with E-state index >= 15 is 0 Å². The lowest BCUT2D eigenvalue weighted by atomic mass is 10.2. The van der Waals surface area contributed by atoms with Crippen molar-refractivity contribution in [2.75, 3.05) is 17.2 Å². The molecule has 0 spiro atoms. The molecule has 2 aromatic rings. The summed E-state index contributed by atoms with van der Waals surface area (Å²) >= 11 is 9.41. The number of aryl methyl sites for hydroxylation is 2. The van der Waals surface area contributed by atoms with Crippen LogP contribution in [0.1, 0.15) is 11.1 Å². The lowest BCUT2D eigenvalue weighted by Gasteiger charge is -2.11. The summed E-state index contributed by atoms with van der Waals surface area (Å²) < 4.78 is 0.939. The smallest absolute Gasteiger partial charge is 0.243 e. The molecule has 110 valence electrons. The SMILES string of the molecule is Cc1ccc(NCC(=O)Nc2cc(Cl)ccc2C)c(Br)c1. The molecule has 0 unspecified atom stereocenters. The van der Waals surface area contributed by atoms with Crippen LogP contribution in [0.25, 0.3) is 0 Å². The molecule has 0 aliphatic rings. The highest BCUT2D eigenvalue weighted by Gasteiger charge is 2.06. The van der Waals surface area contributed by atoms with Gasteiger partial charge in [-0.25, -0.2) is 0 Å². The highest BCUT2D eigenvalue weighted by Crippen LogP contribution is 2.23. The third-order valence-corrected chi connectivity index (χ3v) is 3.93. The number of carbonyl (C=O) groups is 1. The summed E-state index contributed by atoms with van der Waals surface area (Å²) in [6.45, 7) is 4.13. The van der Waals surface area contributed by atoms with Gasteiger partial charge in [0.15, 0.2) is 0 Å². The van der Waals surface area contributed by atoms with Crippen LogP contribution in [-0.2, 0) is 4.79 Å². The number of benzene rings is 2. The van der Waals surface area contributed by atoms with Gasteiger partial charge in [-0.3, -0.25) is 4.79 Å². The second-order valence-electron chi connectivity index (χ2n) is 4.84. The van der Waals surface area contributed by atoms with E-state index in [1.165, 1.54) is 0 Å². The van der Waals surface area contributed by atoms with Crippen molar-refractivity contribution in [1.29, 1.82) is 0 Å². The molecule has 0 aliphatic carbocycles. The maximum Gasteiger partial charge on any atom is 0.243 e. The molecule has 3 nitrogen and oxygen atoms in total. The molecule has 2 aromatic carbocycles. The standard InChI is InChI=1S/C16H16BrClN2O/c1-10-3-6-14(13(17)7-10)19-9-16(21)20-15-8-12(18)5-4-11(15)2/h3-8,19H,9H2,1-2H3,(H,20,21). The van der Waals surface area contributed by atoms with Gasteiger partial charge in [0.1, 0.15) is 0 Å². The predicted octanol–water partition coefficient (Wildman–Crippen LogP) is 4.77. The van der Waals surface area contributed by atoms with Gasteiger partial charge in [-0.05, 0) is 65.2 Å². The van der Waals surface area contributed by atoms with Gasteiger partial charge < -0.3 is 10.6 Å². The van der Waals surface area contributed by atoms with Crippen molar-refractivity contribution in [3.05, 3.63) is 57.0 Å². The zero-order valence-electron chi connectivity index (χ0n) is 11.8. The number of halogens is 2. The van der Waals surface area contributed by atoms with Crippen LogP contribution < -0.4 is 10.6 Å². The summed E-state index contributed by atoms with van der Waals surface area (Å²) in [5.74, 6) is -0.118. The van der Waals surface area contributed by atoms with Crippen molar-refractivity contribution in [2.24, 2.45) is 0 Å². The Morgan fingerprint density at radius 3 is 2.62 bits per heavy atom. The Morgan fingerprint density at radius 1 is 1.14 bits per heavy atom. The molecule has 0 aromatic heterocycles. The van der Waals surface area contributed by atoms with Crippen LogP contribution in [0, 0.1) is 13.8 Å². The molecule has 1 amide bonds. The molecule has 0 saturated heterocycles. The molecule has 0 fully saturated rings. The van der Waals surface area contributed by atoms with E-state index in [1.54, 1.807) is 12.1 Å². The summed E-state index contributed by atoms with van der Waals surface area (Å²) in [5, 5.41) is 6.56. The van der Waals surface area contributed by atoms with Crippen molar-refractivity contribution >= 4 is 44.8 Å². The van der Waals surface area contributed by atoms with Gasteiger partial charge in [0, 0.05) is 20.9 Å². The summed E-state index contributed by atoms with van der Waals surface area (Å²) in [4.78, 5) is 12.0. The molecular weight excluding hydrogens is 352 g/mol. The fraction of sp³-hybridized carbons (Fsp3) is 0.188. The van der Waals surface area contributed by atoms with E-state index in [-0.39, 0.29) is 12.5 Å². The first-order chi connectivity index (χ1) is 9.95. The lowest BCUT2D eigenvalue weighted by molar-refractivity contribution is -0.114. The van der Waals surface area contributed by atoms with Gasteiger partial charge in [-0.2, -0.15) is 0 Å². The van der Waals surface area contributed by atoms with Crippen LogP contribution in [0.15, 0.2) is 40.9 Å². The molecule has 0 heterocycles. The molecule has 0 atom stereocenters. The normalized spacial score (nSPS) is 10.3. The largest absolute Gasteiger partial charge is 0.375 e. The van der Waals surface area contributed by atoms with Crippen molar-refractivity contribution in [3.8, 4) is 0 Å². The van der Waals surface area contributed by atoms with Crippen molar-refractivity contribution in [3.63, 3.8) is 0 Å². The summed E-state index contributed by atoms with van der Waals surface area (Å²) in [5.41, 5.74) is 3.76. The van der Waals surface area contributed by atoms with E-state index in [4.69, 9.17) is 11.6 Å². The first kappa shape index (κ1) is 15.9. The van der Waals surface area contributed by atoms with Crippen LogP contribution in [0.5, 0.6) is 0 Å². The zero-order chi connectivity index (χ0) is 15.4. The first-order valence-electron chi connectivity index (χ1n) is 6.52. The van der Waals surface area contributed by atoms with E-state index < -0.39 is 0 Å². The third kappa shape index (κ3) is 4.48. The number of hydrogen-bond donors (Lipinski definition) is 2. The minimum atomic E-state index is -0.118. The molecule has 5 heteroatoms. The Balaban J connectivity index is 1.97. The fourth-order valence-corrected chi connectivity index (χ4v) is 2.67. The quantitative estimate of drug-likeness (QED) is 0.817. The highest BCUT2D eigenvalue weighted by molar-refractivity contribution is 9.10. The molecule has 0 bridgehead atoms. The minimum Gasteiger partial charge on any atom is -0.375 e. The van der Waals surface area contributed by atoms with Crippen molar-refractivity contribution in [1.82, 2.24) is 0 Å². The Kier molecular flexibility index (Phi) is 5.26. The zero-order valence-corrected chi connectivity index (χ0v) is 14.2. The Hall–Kier alpha value is -1.52. The molecule has 21 heavy (non-hydrogen) atoms. The minimum absolute atomic E-state index is 0.118. The highest BCUT2D eigenvalue weighted by atomic mass is 79.9. The molecule has 2 N–H and O–H groups in total. The number of rotatable bonds is 4. The number of amides is 1.